The lowest BCUT2D eigenvalue weighted by Gasteiger charge is -2.35. The van der Waals surface area contributed by atoms with Crippen LogP contribution in [0.5, 0.6) is 0 Å². The molecule has 0 spiro atoms. The first-order valence-corrected chi connectivity index (χ1v) is 7.33. The molecule has 1 aromatic rings. The Labute approximate surface area is 126 Å². The summed E-state index contributed by atoms with van der Waals surface area (Å²) in [6.07, 6.45) is 0. The third-order valence-electron chi connectivity index (χ3n) is 3.67. The standard InChI is InChI=1S/C16H23N3O2/c1-13-12-21-8-6-19(13)16-4-3-14(9-15(16)10-17)11-18-5-7-20-2/h3-4,9,13,18H,5-8,11-12H2,1-2H3. The monoisotopic (exact) mass is 289 g/mol. The van der Waals surface area contributed by atoms with Gasteiger partial charge in [-0.3, -0.25) is 0 Å². The normalized spacial score (nSPS) is 18.5. The SMILES string of the molecule is COCCNCc1ccc(N2CCOCC2C)c(C#N)c1. The van der Waals surface area contributed by atoms with E-state index in [4.69, 9.17) is 9.47 Å². The Kier molecular flexibility index (Phi) is 6.00. The molecule has 21 heavy (non-hydrogen) atoms. The Bertz CT molecular complexity index is 499. The number of benzene rings is 1. The van der Waals surface area contributed by atoms with E-state index in [-0.39, 0.29) is 0 Å². The predicted octanol–water partition coefficient (Wildman–Crippen LogP) is 1.52. The number of nitrogens with zero attached hydrogens (tertiary/aromatic N) is 2. The van der Waals surface area contributed by atoms with Crippen LogP contribution in [0, 0.1) is 11.3 Å². The van der Waals surface area contributed by atoms with E-state index in [9.17, 15) is 5.26 Å². The van der Waals surface area contributed by atoms with Crippen LogP contribution in [-0.2, 0) is 16.0 Å². The summed E-state index contributed by atoms with van der Waals surface area (Å²) in [5, 5.41) is 12.7. The summed E-state index contributed by atoms with van der Waals surface area (Å²) in [6.45, 7) is 6.63. The first-order valence-electron chi connectivity index (χ1n) is 7.33. The number of methoxy groups -OCH3 is 1. The smallest absolute Gasteiger partial charge is 0.101 e. The quantitative estimate of drug-likeness (QED) is 0.805. The highest BCUT2D eigenvalue weighted by Gasteiger charge is 2.21. The van der Waals surface area contributed by atoms with Crippen molar-refractivity contribution in [3.63, 3.8) is 0 Å². The molecule has 1 aliphatic heterocycles. The highest BCUT2D eigenvalue weighted by molar-refractivity contribution is 5.61. The summed E-state index contributed by atoms with van der Waals surface area (Å²) in [4.78, 5) is 2.25. The van der Waals surface area contributed by atoms with E-state index in [0.29, 0.717) is 19.3 Å². The molecular formula is C16H23N3O2. The second-order valence-electron chi connectivity index (χ2n) is 5.25. The Balaban J connectivity index is 2.07. The molecular weight excluding hydrogens is 266 g/mol. The van der Waals surface area contributed by atoms with Gasteiger partial charge in [-0.1, -0.05) is 6.07 Å². The second kappa shape index (κ2) is 7.99. The van der Waals surface area contributed by atoms with Crippen molar-refractivity contribution < 1.29 is 9.47 Å². The predicted molar refractivity (Wildman–Crippen MR) is 82.4 cm³/mol. The van der Waals surface area contributed by atoms with Gasteiger partial charge in [-0.15, -0.1) is 0 Å². The molecule has 1 fully saturated rings. The van der Waals surface area contributed by atoms with Crippen LogP contribution in [0.1, 0.15) is 18.1 Å². The van der Waals surface area contributed by atoms with E-state index >= 15 is 0 Å². The largest absolute Gasteiger partial charge is 0.383 e. The molecule has 1 unspecified atom stereocenters. The number of ether oxygens (including phenoxy) is 2. The van der Waals surface area contributed by atoms with Crippen LogP contribution >= 0.6 is 0 Å². The number of morpholine rings is 1. The van der Waals surface area contributed by atoms with Gasteiger partial charge in [0.1, 0.15) is 6.07 Å². The van der Waals surface area contributed by atoms with Crippen LogP contribution in [-0.4, -0.2) is 46.1 Å². The molecule has 0 amide bonds. The maximum atomic E-state index is 9.42. The molecule has 1 saturated heterocycles. The molecule has 0 bridgehead atoms. The third kappa shape index (κ3) is 4.18. The van der Waals surface area contributed by atoms with Crippen molar-refractivity contribution in [2.75, 3.05) is 44.9 Å². The van der Waals surface area contributed by atoms with Crippen molar-refractivity contribution in [3.05, 3.63) is 29.3 Å². The van der Waals surface area contributed by atoms with E-state index < -0.39 is 0 Å². The van der Waals surface area contributed by atoms with Crippen LogP contribution in [0.2, 0.25) is 0 Å². The summed E-state index contributed by atoms with van der Waals surface area (Å²) in [7, 11) is 1.69. The fraction of sp³-hybridized carbons (Fsp3) is 0.562. The van der Waals surface area contributed by atoms with Crippen LogP contribution in [0.25, 0.3) is 0 Å². The maximum absolute atomic E-state index is 9.42. The number of hydrogen-bond donors (Lipinski definition) is 1. The van der Waals surface area contributed by atoms with Gasteiger partial charge in [0, 0.05) is 32.8 Å². The van der Waals surface area contributed by atoms with E-state index in [1.807, 2.05) is 12.1 Å². The molecule has 2 rings (SSSR count). The lowest BCUT2D eigenvalue weighted by molar-refractivity contribution is 0.0989. The molecule has 1 atom stereocenters. The van der Waals surface area contributed by atoms with E-state index in [1.165, 1.54) is 0 Å². The Morgan fingerprint density at radius 1 is 1.52 bits per heavy atom. The molecule has 0 aromatic heterocycles. The molecule has 0 saturated carbocycles. The lowest BCUT2D eigenvalue weighted by Crippen LogP contribution is -2.44. The van der Waals surface area contributed by atoms with Crippen LogP contribution in [0.15, 0.2) is 18.2 Å². The molecule has 5 nitrogen and oxygen atoms in total. The van der Waals surface area contributed by atoms with Gasteiger partial charge in [0.05, 0.1) is 31.1 Å². The molecule has 0 aliphatic carbocycles. The van der Waals surface area contributed by atoms with Gasteiger partial charge < -0.3 is 19.7 Å². The fourth-order valence-corrected chi connectivity index (χ4v) is 2.53. The first-order chi connectivity index (χ1) is 10.3. The van der Waals surface area contributed by atoms with Crippen LogP contribution in [0.4, 0.5) is 5.69 Å². The maximum Gasteiger partial charge on any atom is 0.101 e. The zero-order chi connectivity index (χ0) is 15.1. The van der Waals surface area contributed by atoms with Gasteiger partial charge in [0.15, 0.2) is 0 Å². The molecule has 5 heteroatoms. The molecule has 0 radical (unpaired) electrons. The molecule has 1 heterocycles. The Morgan fingerprint density at radius 2 is 2.38 bits per heavy atom. The number of nitriles is 1. The van der Waals surface area contributed by atoms with Crippen molar-refractivity contribution in [3.8, 4) is 6.07 Å². The highest BCUT2D eigenvalue weighted by atomic mass is 16.5. The number of anilines is 1. The van der Waals surface area contributed by atoms with Gasteiger partial charge in [0.25, 0.3) is 0 Å². The van der Waals surface area contributed by atoms with E-state index in [2.05, 4.69) is 29.3 Å². The minimum absolute atomic E-state index is 0.302. The molecule has 114 valence electrons. The van der Waals surface area contributed by atoms with Crippen molar-refractivity contribution in [2.24, 2.45) is 0 Å². The number of rotatable bonds is 6. The van der Waals surface area contributed by atoms with E-state index in [1.54, 1.807) is 7.11 Å². The second-order valence-corrected chi connectivity index (χ2v) is 5.25. The number of nitrogens with one attached hydrogen (secondary N) is 1. The van der Waals surface area contributed by atoms with Crippen molar-refractivity contribution in [1.82, 2.24) is 5.32 Å². The van der Waals surface area contributed by atoms with Gasteiger partial charge in [-0.2, -0.15) is 5.26 Å². The zero-order valence-corrected chi connectivity index (χ0v) is 12.8. The summed E-state index contributed by atoms with van der Waals surface area (Å²) in [5.41, 5.74) is 2.86. The fourth-order valence-electron chi connectivity index (χ4n) is 2.53. The minimum Gasteiger partial charge on any atom is -0.383 e. The molecule has 1 aromatic carbocycles. The molecule has 1 N–H and O–H groups in total. The summed E-state index contributed by atoms with van der Waals surface area (Å²) < 4.78 is 10.5. The van der Waals surface area contributed by atoms with Gasteiger partial charge in [-0.05, 0) is 24.6 Å². The third-order valence-corrected chi connectivity index (χ3v) is 3.67. The van der Waals surface area contributed by atoms with Crippen molar-refractivity contribution in [2.45, 2.75) is 19.5 Å². The summed E-state index contributed by atoms with van der Waals surface area (Å²) in [5.74, 6) is 0. The van der Waals surface area contributed by atoms with Crippen molar-refractivity contribution in [1.29, 1.82) is 5.26 Å². The van der Waals surface area contributed by atoms with Gasteiger partial charge >= 0.3 is 0 Å². The first kappa shape index (κ1) is 15.8. The topological polar surface area (TPSA) is 57.5 Å². The minimum atomic E-state index is 0.302. The lowest BCUT2D eigenvalue weighted by atomic mass is 10.1. The van der Waals surface area contributed by atoms with Crippen LogP contribution < -0.4 is 10.2 Å². The average molecular weight is 289 g/mol. The molecule has 1 aliphatic rings. The Hall–Kier alpha value is -1.61. The average Bonchev–Trinajstić information content (AvgIpc) is 2.52. The van der Waals surface area contributed by atoms with E-state index in [0.717, 1.165) is 43.1 Å². The highest BCUT2D eigenvalue weighted by Crippen LogP contribution is 2.25. The van der Waals surface area contributed by atoms with Gasteiger partial charge in [-0.25, -0.2) is 0 Å². The zero-order valence-electron chi connectivity index (χ0n) is 12.8. The van der Waals surface area contributed by atoms with Crippen molar-refractivity contribution >= 4 is 5.69 Å². The summed E-state index contributed by atoms with van der Waals surface area (Å²) in [6, 6.07) is 8.72. The van der Waals surface area contributed by atoms with Crippen LogP contribution in [0.3, 0.4) is 0 Å². The van der Waals surface area contributed by atoms with Gasteiger partial charge in [0.2, 0.25) is 0 Å². The Morgan fingerprint density at radius 3 is 3.10 bits per heavy atom. The number of hydrogen-bond acceptors (Lipinski definition) is 5. The summed E-state index contributed by atoms with van der Waals surface area (Å²) >= 11 is 0.